The van der Waals surface area contributed by atoms with Gasteiger partial charge in [-0.1, -0.05) is 11.6 Å². The summed E-state index contributed by atoms with van der Waals surface area (Å²) in [6.45, 7) is 3.92. The van der Waals surface area contributed by atoms with Gasteiger partial charge in [0.25, 0.3) is 0 Å². The molecule has 1 unspecified atom stereocenters. The quantitative estimate of drug-likeness (QED) is 0.784. The third-order valence-electron chi connectivity index (χ3n) is 2.25. The Morgan fingerprint density at radius 3 is 2.93 bits per heavy atom. The normalized spacial score (nSPS) is 13.4. The molecule has 2 aromatic heterocycles. The fourth-order valence-electron chi connectivity index (χ4n) is 1.57. The molecule has 2 aromatic rings. The van der Waals surface area contributed by atoms with Crippen LogP contribution in [-0.2, 0) is 0 Å². The molecule has 0 aliphatic heterocycles. The Labute approximate surface area is 87.5 Å². The number of pyridine rings is 1. The molecule has 0 saturated carbocycles. The molecular weight excluding hydrogens is 198 g/mol. The first-order chi connectivity index (χ1) is 6.59. The van der Waals surface area contributed by atoms with Crippen LogP contribution in [0.4, 0.5) is 0 Å². The van der Waals surface area contributed by atoms with Crippen LogP contribution in [0.5, 0.6) is 0 Å². The van der Waals surface area contributed by atoms with E-state index in [1.807, 2.05) is 30.5 Å². The summed E-state index contributed by atoms with van der Waals surface area (Å²) >= 11 is 5.97. The van der Waals surface area contributed by atoms with Crippen molar-refractivity contribution in [1.82, 2.24) is 9.38 Å². The van der Waals surface area contributed by atoms with E-state index in [0.717, 1.165) is 16.9 Å². The van der Waals surface area contributed by atoms with Crippen LogP contribution in [0.25, 0.3) is 5.65 Å². The van der Waals surface area contributed by atoms with Crippen molar-refractivity contribution in [2.24, 2.45) is 5.73 Å². The van der Waals surface area contributed by atoms with E-state index in [4.69, 9.17) is 17.3 Å². The van der Waals surface area contributed by atoms with Crippen LogP contribution < -0.4 is 5.73 Å². The smallest absolute Gasteiger partial charge is 0.139 e. The maximum absolute atomic E-state index is 5.97. The Kier molecular flexibility index (Phi) is 2.21. The highest BCUT2D eigenvalue weighted by Gasteiger charge is 2.09. The second-order valence-electron chi connectivity index (χ2n) is 3.51. The van der Waals surface area contributed by atoms with E-state index in [9.17, 15) is 0 Å². The minimum Gasteiger partial charge on any atom is -0.323 e. The Bertz CT molecular complexity index is 473. The van der Waals surface area contributed by atoms with E-state index in [1.54, 1.807) is 6.20 Å². The molecule has 2 rings (SSSR count). The van der Waals surface area contributed by atoms with E-state index in [-0.39, 0.29) is 6.04 Å². The van der Waals surface area contributed by atoms with E-state index >= 15 is 0 Å². The van der Waals surface area contributed by atoms with Gasteiger partial charge in [-0.05, 0) is 25.5 Å². The standard InChI is InChI=1S/C10H12ClN3/c1-6-3-8(11)5-14-9(7(2)12)4-13-10(6)14/h3-5,7H,12H2,1-2H3. The number of imidazole rings is 1. The molecule has 0 saturated heterocycles. The summed E-state index contributed by atoms with van der Waals surface area (Å²) in [6.07, 6.45) is 3.64. The van der Waals surface area contributed by atoms with Gasteiger partial charge in [-0.2, -0.15) is 0 Å². The van der Waals surface area contributed by atoms with Gasteiger partial charge in [0.15, 0.2) is 0 Å². The molecular formula is C10H12ClN3. The highest BCUT2D eigenvalue weighted by Crippen LogP contribution is 2.19. The average Bonchev–Trinajstić information content (AvgIpc) is 2.47. The number of nitrogens with zero attached hydrogens (tertiary/aromatic N) is 2. The Balaban J connectivity index is 2.78. The van der Waals surface area contributed by atoms with Crippen molar-refractivity contribution < 1.29 is 0 Å². The molecule has 4 heteroatoms. The van der Waals surface area contributed by atoms with E-state index in [1.165, 1.54) is 0 Å². The van der Waals surface area contributed by atoms with Crippen LogP contribution in [0.3, 0.4) is 0 Å². The van der Waals surface area contributed by atoms with Gasteiger partial charge < -0.3 is 10.1 Å². The van der Waals surface area contributed by atoms with Gasteiger partial charge in [0.05, 0.1) is 16.9 Å². The molecule has 1 atom stereocenters. The van der Waals surface area contributed by atoms with Crippen LogP contribution in [0.2, 0.25) is 5.02 Å². The summed E-state index contributed by atoms with van der Waals surface area (Å²) < 4.78 is 1.95. The number of fused-ring (bicyclic) bond motifs is 1. The molecule has 0 spiro atoms. The second-order valence-corrected chi connectivity index (χ2v) is 3.94. The number of aromatic nitrogens is 2. The molecule has 0 fully saturated rings. The minimum atomic E-state index is -0.0390. The summed E-state index contributed by atoms with van der Waals surface area (Å²) in [4.78, 5) is 4.30. The first kappa shape index (κ1) is 9.49. The van der Waals surface area contributed by atoms with Crippen LogP contribution in [0, 0.1) is 6.92 Å². The SMILES string of the molecule is Cc1cc(Cl)cn2c(C(C)N)cnc12. The number of hydrogen-bond acceptors (Lipinski definition) is 2. The maximum atomic E-state index is 5.97. The van der Waals surface area contributed by atoms with Crippen molar-refractivity contribution in [3.63, 3.8) is 0 Å². The molecule has 2 N–H and O–H groups in total. The lowest BCUT2D eigenvalue weighted by molar-refractivity contribution is 0.769. The van der Waals surface area contributed by atoms with Gasteiger partial charge in [-0.25, -0.2) is 4.98 Å². The Hall–Kier alpha value is -1.06. The molecule has 14 heavy (non-hydrogen) atoms. The molecule has 2 heterocycles. The van der Waals surface area contributed by atoms with Crippen molar-refractivity contribution in [2.75, 3.05) is 0 Å². The van der Waals surface area contributed by atoms with Crippen molar-refractivity contribution in [3.8, 4) is 0 Å². The fraction of sp³-hybridized carbons (Fsp3) is 0.300. The third-order valence-corrected chi connectivity index (χ3v) is 2.46. The van der Waals surface area contributed by atoms with Gasteiger partial charge in [0.2, 0.25) is 0 Å². The zero-order valence-electron chi connectivity index (χ0n) is 8.16. The molecule has 0 aliphatic carbocycles. The molecule has 0 aliphatic rings. The van der Waals surface area contributed by atoms with Crippen LogP contribution in [-0.4, -0.2) is 9.38 Å². The predicted molar refractivity (Wildman–Crippen MR) is 57.5 cm³/mol. The first-order valence-electron chi connectivity index (χ1n) is 4.48. The molecule has 3 nitrogen and oxygen atoms in total. The third kappa shape index (κ3) is 1.38. The maximum Gasteiger partial charge on any atom is 0.139 e. The Morgan fingerprint density at radius 2 is 2.29 bits per heavy atom. The van der Waals surface area contributed by atoms with Gasteiger partial charge in [0.1, 0.15) is 5.65 Å². The summed E-state index contributed by atoms with van der Waals surface area (Å²) in [5, 5.41) is 0.704. The van der Waals surface area contributed by atoms with Crippen LogP contribution in [0.1, 0.15) is 24.2 Å². The zero-order chi connectivity index (χ0) is 10.3. The number of nitrogens with two attached hydrogens (primary N) is 1. The van der Waals surface area contributed by atoms with Crippen LogP contribution in [0.15, 0.2) is 18.5 Å². The van der Waals surface area contributed by atoms with Gasteiger partial charge in [0, 0.05) is 12.2 Å². The van der Waals surface area contributed by atoms with E-state index in [2.05, 4.69) is 4.98 Å². The molecule has 0 bridgehead atoms. The molecule has 0 aromatic carbocycles. The van der Waals surface area contributed by atoms with Crippen LogP contribution >= 0.6 is 11.6 Å². The zero-order valence-corrected chi connectivity index (χ0v) is 8.92. The lowest BCUT2D eigenvalue weighted by Crippen LogP contribution is -2.08. The molecule has 0 radical (unpaired) electrons. The van der Waals surface area contributed by atoms with Crippen molar-refractivity contribution in [1.29, 1.82) is 0 Å². The Morgan fingerprint density at radius 1 is 1.57 bits per heavy atom. The average molecular weight is 210 g/mol. The number of aryl methyl sites for hydroxylation is 1. The summed E-state index contributed by atoms with van der Waals surface area (Å²) in [6, 6.07) is 1.86. The van der Waals surface area contributed by atoms with Crippen molar-refractivity contribution >= 4 is 17.2 Å². The van der Waals surface area contributed by atoms with E-state index in [0.29, 0.717) is 5.02 Å². The number of rotatable bonds is 1. The minimum absolute atomic E-state index is 0.0390. The lowest BCUT2D eigenvalue weighted by Gasteiger charge is -2.06. The predicted octanol–water partition coefficient (Wildman–Crippen LogP) is 2.32. The summed E-state index contributed by atoms with van der Waals surface area (Å²) in [7, 11) is 0. The lowest BCUT2D eigenvalue weighted by atomic mass is 10.2. The van der Waals surface area contributed by atoms with Gasteiger partial charge in [-0.3, -0.25) is 0 Å². The van der Waals surface area contributed by atoms with Crippen molar-refractivity contribution in [3.05, 3.63) is 34.7 Å². The first-order valence-corrected chi connectivity index (χ1v) is 4.86. The number of hydrogen-bond donors (Lipinski definition) is 1. The van der Waals surface area contributed by atoms with Gasteiger partial charge in [-0.15, -0.1) is 0 Å². The monoisotopic (exact) mass is 209 g/mol. The highest BCUT2D eigenvalue weighted by molar-refractivity contribution is 6.30. The van der Waals surface area contributed by atoms with Gasteiger partial charge >= 0.3 is 0 Å². The highest BCUT2D eigenvalue weighted by atomic mass is 35.5. The summed E-state index contributed by atoms with van der Waals surface area (Å²) in [5.41, 5.74) is 8.78. The largest absolute Gasteiger partial charge is 0.323 e. The molecule has 0 amide bonds. The number of halogens is 1. The second kappa shape index (κ2) is 3.26. The summed E-state index contributed by atoms with van der Waals surface area (Å²) in [5.74, 6) is 0. The topological polar surface area (TPSA) is 43.3 Å². The van der Waals surface area contributed by atoms with E-state index < -0.39 is 0 Å². The fourth-order valence-corrected chi connectivity index (χ4v) is 1.83. The molecule has 74 valence electrons. The van der Waals surface area contributed by atoms with Crippen molar-refractivity contribution in [2.45, 2.75) is 19.9 Å².